The SMILES string of the molecule is CCCCCCCCCCCCCCCCCCCCN(CCO)CC(O)CO. The summed E-state index contributed by atoms with van der Waals surface area (Å²) in [4.78, 5) is 2.05. The van der Waals surface area contributed by atoms with Crippen molar-refractivity contribution >= 4 is 0 Å². The van der Waals surface area contributed by atoms with Crippen LogP contribution in [0.5, 0.6) is 0 Å². The highest BCUT2D eigenvalue weighted by Crippen LogP contribution is 2.14. The fraction of sp³-hybridized carbons (Fsp3) is 1.00. The first-order chi connectivity index (χ1) is 14.2. The Hall–Kier alpha value is -0.160. The molecule has 0 rings (SSSR count). The molecule has 176 valence electrons. The summed E-state index contributed by atoms with van der Waals surface area (Å²) < 4.78 is 0. The number of hydrogen-bond acceptors (Lipinski definition) is 4. The van der Waals surface area contributed by atoms with Gasteiger partial charge in [0.1, 0.15) is 0 Å². The Kier molecular flexibility index (Phi) is 24.0. The van der Waals surface area contributed by atoms with Crippen molar-refractivity contribution in [2.75, 3.05) is 32.8 Å². The third kappa shape index (κ3) is 22.3. The van der Waals surface area contributed by atoms with Crippen LogP contribution in [0.15, 0.2) is 0 Å². The van der Waals surface area contributed by atoms with Crippen molar-refractivity contribution in [3.05, 3.63) is 0 Å². The van der Waals surface area contributed by atoms with Gasteiger partial charge in [0, 0.05) is 13.1 Å². The number of aliphatic hydroxyl groups excluding tert-OH is 3. The average molecular weight is 416 g/mol. The van der Waals surface area contributed by atoms with E-state index < -0.39 is 6.10 Å². The van der Waals surface area contributed by atoms with Crippen molar-refractivity contribution in [1.29, 1.82) is 0 Å². The van der Waals surface area contributed by atoms with Crippen molar-refractivity contribution in [3.8, 4) is 0 Å². The van der Waals surface area contributed by atoms with E-state index in [-0.39, 0.29) is 13.2 Å². The molecule has 0 amide bonds. The van der Waals surface area contributed by atoms with Gasteiger partial charge in [-0.05, 0) is 13.0 Å². The first-order valence-electron chi connectivity index (χ1n) is 12.9. The lowest BCUT2D eigenvalue weighted by molar-refractivity contribution is 0.0530. The Bertz CT molecular complexity index is 302. The first-order valence-corrected chi connectivity index (χ1v) is 12.9. The van der Waals surface area contributed by atoms with Crippen LogP contribution in [0.2, 0.25) is 0 Å². The minimum absolute atomic E-state index is 0.108. The molecule has 1 unspecified atom stereocenters. The third-order valence-corrected chi connectivity index (χ3v) is 5.92. The molecule has 4 heteroatoms. The van der Waals surface area contributed by atoms with Crippen LogP contribution in [0.1, 0.15) is 122 Å². The third-order valence-electron chi connectivity index (χ3n) is 5.92. The van der Waals surface area contributed by atoms with Gasteiger partial charge in [-0.25, -0.2) is 0 Å². The normalized spacial score (nSPS) is 12.7. The van der Waals surface area contributed by atoms with Gasteiger partial charge in [-0.15, -0.1) is 0 Å². The van der Waals surface area contributed by atoms with E-state index in [2.05, 4.69) is 6.92 Å². The topological polar surface area (TPSA) is 63.9 Å². The van der Waals surface area contributed by atoms with Crippen molar-refractivity contribution in [3.63, 3.8) is 0 Å². The fourth-order valence-corrected chi connectivity index (χ4v) is 4.03. The van der Waals surface area contributed by atoms with E-state index in [1.165, 1.54) is 109 Å². The lowest BCUT2D eigenvalue weighted by Gasteiger charge is -2.23. The highest BCUT2D eigenvalue weighted by atomic mass is 16.3. The minimum atomic E-state index is -0.697. The van der Waals surface area contributed by atoms with Crippen LogP contribution in [0.4, 0.5) is 0 Å². The minimum Gasteiger partial charge on any atom is -0.395 e. The predicted octanol–water partition coefficient (Wildman–Crippen LogP) is 5.68. The maximum absolute atomic E-state index is 9.53. The summed E-state index contributed by atoms with van der Waals surface area (Å²) in [5, 5.41) is 27.6. The Balaban J connectivity index is 3.25. The van der Waals surface area contributed by atoms with Gasteiger partial charge in [-0.3, -0.25) is 4.90 Å². The van der Waals surface area contributed by atoms with Gasteiger partial charge in [0.25, 0.3) is 0 Å². The van der Waals surface area contributed by atoms with Crippen LogP contribution in [0.25, 0.3) is 0 Å². The van der Waals surface area contributed by atoms with Crippen molar-refractivity contribution < 1.29 is 15.3 Å². The van der Waals surface area contributed by atoms with E-state index >= 15 is 0 Å². The van der Waals surface area contributed by atoms with Gasteiger partial charge in [-0.1, -0.05) is 116 Å². The maximum atomic E-state index is 9.53. The first kappa shape index (κ1) is 28.8. The van der Waals surface area contributed by atoms with Crippen LogP contribution in [-0.4, -0.2) is 59.2 Å². The van der Waals surface area contributed by atoms with Crippen LogP contribution < -0.4 is 0 Å². The second kappa shape index (κ2) is 24.1. The summed E-state index contributed by atoms with van der Waals surface area (Å²) in [6.07, 6.45) is 24.1. The van der Waals surface area contributed by atoms with Crippen LogP contribution in [0.3, 0.4) is 0 Å². The zero-order valence-electron chi connectivity index (χ0n) is 19.6. The second-order valence-electron chi connectivity index (χ2n) is 8.87. The standard InChI is InChI=1S/C25H53NO3/c1-2-3-4-5-6-7-8-9-10-11-12-13-14-15-16-17-18-19-20-26(21-22-27)23-25(29)24-28/h25,27-29H,2-24H2,1H3. The van der Waals surface area contributed by atoms with Gasteiger partial charge in [0.2, 0.25) is 0 Å². The lowest BCUT2D eigenvalue weighted by atomic mass is 10.0. The van der Waals surface area contributed by atoms with E-state index in [1.54, 1.807) is 0 Å². The Morgan fingerprint density at radius 3 is 1.28 bits per heavy atom. The Labute approximate surface area is 182 Å². The summed E-state index contributed by atoms with van der Waals surface area (Å²) in [5.74, 6) is 0. The number of aliphatic hydroxyl groups is 3. The molecule has 0 aromatic rings. The Morgan fingerprint density at radius 1 is 0.552 bits per heavy atom. The van der Waals surface area contributed by atoms with Gasteiger partial charge in [0.15, 0.2) is 0 Å². The molecule has 0 fully saturated rings. The van der Waals surface area contributed by atoms with E-state index in [0.717, 1.165) is 13.0 Å². The van der Waals surface area contributed by atoms with E-state index in [4.69, 9.17) is 10.2 Å². The van der Waals surface area contributed by atoms with Gasteiger partial charge in [-0.2, -0.15) is 0 Å². The molecule has 0 spiro atoms. The molecule has 0 heterocycles. The highest BCUT2D eigenvalue weighted by Gasteiger charge is 2.09. The van der Waals surface area contributed by atoms with E-state index in [0.29, 0.717) is 13.1 Å². The van der Waals surface area contributed by atoms with Crippen LogP contribution in [0, 0.1) is 0 Å². The summed E-state index contributed by atoms with van der Waals surface area (Å²) in [6.45, 7) is 4.12. The summed E-state index contributed by atoms with van der Waals surface area (Å²) in [6, 6.07) is 0. The number of hydrogen-bond donors (Lipinski definition) is 3. The monoisotopic (exact) mass is 415 g/mol. The molecular formula is C25H53NO3. The molecule has 0 saturated heterocycles. The molecule has 0 aliphatic rings. The molecule has 3 N–H and O–H groups in total. The van der Waals surface area contributed by atoms with Crippen LogP contribution in [-0.2, 0) is 0 Å². The quantitative estimate of drug-likeness (QED) is 0.178. The average Bonchev–Trinajstić information content (AvgIpc) is 2.72. The lowest BCUT2D eigenvalue weighted by Crippen LogP contribution is -2.36. The van der Waals surface area contributed by atoms with Crippen molar-refractivity contribution in [1.82, 2.24) is 4.90 Å². The summed E-state index contributed by atoms with van der Waals surface area (Å²) in [7, 11) is 0. The molecule has 29 heavy (non-hydrogen) atoms. The number of rotatable bonds is 24. The Morgan fingerprint density at radius 2 is 0.931 bits per heavy atom. The molecule has 0 bridgehead atoms. The highest BCUT2D eigenvalue weighted by molar-refractivity contribution is 4.64. The van der Waals surface area contributed by atoms with Crippen molar-refractivity contribution in [2.24, 2.45) is 0 Å². The smallest absolute Gasteiger partial charge is 0.0897 e. The maximum Gasteiger partial charge on any atom is 0.0897 e. The molecule has 0 saturated carbocycles. The van der Waals surface area contributed by atoms with Gasteiger partial charge in [0.05, 0.1) is 19.3 Å². The molecule has 0 aliphatic carbocycles. The number of nitrogens with zero attached hydrogens (tertiary/aromatic N) is 1. The number of unbranched alkanes of at least 4 members (excludes halogenated alkanes) is 17. The molecule has 0 aromatic carbocycles. The summed E-state index contributed by atoms with van der Waals surface area (Å²) >= 11 is 0. The predicted molar refractivity (Wildman–Crippen MR) is 125 cm³/mol. The van der Waals surface area contributed by atoms with E-state index in [9.17, 15) is 5.11 Å². The summed E-state index contributed by atoms with van der Waals surface area (Å²) in [5.41, 5.74) is 0. The zero-order valence-corrected chi connectivity index (χ0v) is 19.6. The van der Waals surface area contributed by atoms with Crippen LogP contribution >= 0.6 is 0 Å². The van der Waals surface area contributed by atoms with E-state index in [1.807, 2.05) is 4.90 Å². The molecule has 4 nitrogen and oxygen atoms in total. The molecule has 0 radical (unpaired) electrons. The molecule has 0 aromatic heterocycles. The van der Waals surface area contributed by atoms with Crippen molar-refractivity contribution in [2.45, 2.75) is 129 Å². The second-order valence-corrected chi connectivity index (χ2v) is 8.87. The molecule has 1 atom stereocenters. The van der Waals surface area contributed by atoms with Gasteiger partial charge < -0.3 is 15.3 Å². The van der Waals surface area contributed by atoms with Gasteiger partial charge >= 0.3 is 0 Å². The molecular weight excluding hydrogens is 362 g/mol. The largest absolute Gasteiger partial charge is 0.395 e. The zero-order chi connectivity index (χ0) is 21.4. The molecule has 0 aliphatic heterocycles. The fourth-order valence-electron chi connectivity index (χ4n) is 4.03.